The standard InChI is InChI=1S/C18H23NO2/c1-5-15(19-2)13-8-6-9-14(12-13)18-16(20-3)10-7-11-17(18)21-4/h6-12,15,19H,5H2,1-4H3. The molecule has 0 aromatic heterocycles. The highest BCUT2D eigenvalue weighted by Crippen LogP contribution is 2.39. The Balaban J connectivity index is 2.54. The van der Waals surface area contributed by atoms with Gasteiger partial charge in [-0.05, 0) is 42.8 Å². The molecular weight excluding hydrogens is 262 g/mol. The summed E-state index contributed by atoms with van der Waals surface area (Å²) in [6, 6.07) is 14.7. The Labute approximate surface area is 126 Å². The minimum absolute atomic E-state index is 0.352. The second-order valence-corrected chi connectivity index (χ2v) is 4.91. The predicted molar refractivity (Wildman–Crippen MR) is 87.1 cm³/mol. The molecule has 1 N–H and O–H groups in total. The summed E-state index contributed by atoms with van der Waals surface area (Å²) in [4.78, 5) is 0. The van der Waals surface area contributed by atoms with E-state index in [1.165, 1.54) is 5.56 Å². The van der Waals surface area contributed by atoms with Crippen molar-refractivity contribution in [1.82, 2.24) is 5.32 Å². The summed E-state index contributed by atoms with van der Waals surface area (Å²) in [5.41, 5.74) is 3.37. The fourth-order valence-corrected chi connectivity index (χ4v) is 2.65. The fourth-order valence-electron chi connectivity index (χ4n) is 2.65. The van der Waals surface area contributed by atoms with Gasteiger partial charge >= 0.3 is 0 Å². The van der Waals surface area contributed by atoms with Crippen LogP contribution in [-0.4, -0.2) is 21.3 Å². The van der Waals surface area contributed by atoms with Gasteiger partial charge in [-0.25, -0.2) is 0 Å². The predicted octanol–water partition coefficient (Wildman–Crippen LogP) is 4.04. The van der Waals surface area contributed by atoms with E-state index in [4.69, 9.17) is 9.47 Å². The molecule has 0 radical (unpaired) electrons. The molecule has 21 heavy (non-hydrogen) atoms. The molecule has 0 spiro atoms. The number of hydrogen-bond donors (Lipinski definition) is 1. The lowest BCUT2D eigenvalue weighted by atomic mass is 9.97. The van der Waals surface area contributed by atoms with E-state index in [9.17, 15) is 0 Å². The van der Waals surface area contributed by atoms with Gasteiger partial charge in [0.2, 0.25) is 0 Å². The van der Waals surface area contributed by atoms with Crippen molar-refractivity contribution in [3.8, 4) is 22.6 Å². The number of benzene rings is 2. The Hall–Kier alpha value is -2.00. The number of hydrogen-bond acceptors (Lipinski definition) is 3. The number of methoxy groups -OCH3 is 2. The first kappa shape index (κ1) is 15.4. The van der Waals surface area contributed by atoms with Crippen LogP contribution in [0.15, 0.2) is 42.5 Å². The third kappa shape index (κ3) is 3.19. The van der Waals surface area contributed by atoms with Crippen molar-refractivity contribution in [1.29, 1.82) is 0 Å². The van der Waals surface area contributed by atoms with E-state index in [0.717, 1.165) is 29.0 Å². The van der Waals surface area contributed by atoms with Crippen LogP contribution in [0.4, 0.5) is 0 Å². The maximum atomic E-state index is 5.50. The largest absolute Gasteiger partial charge is 0.496 e. The molecule has 0 bridgehead atoms. The SMILES string of the molecule is CCC(NC)c1cccc(-c2c(OC)cccc2OC)c1. The number of ether oxygens (including phenoxy) is 2. The highest BCUT2D eigenvalue weighted by atomic mass is 16.5. The summed E-state index contributed by atoms with van der Waals surface area (Å²) in [5.74, 6) is 1.65. The van der Waals surface area contributed by atoms with Gasteiger partial charge in [0.05, 0.1) is 19.8 Å². The Morgan fingerprint density at radius 2 is 1.62 bits per heavy atom. The molecule has 0 amide bonds. The third-order valence-electron chi connectivity index (χ3n) is 3.76. The van der Waals surface area contributed by atoms with E-state index < -0.39 is 0 Å². The minimum Gasteiger partial charge on any atom is -0.496 e. The highest BCUT2D eigenvalue weighted by molar-refractivity contribution is 5.77. The van der Waals surface area contributed by atoms with Gasteiger partial charge in [-0.1, -0.05) is 31.2 Å². The average Bonchev–Trinajstić information content (AvgIpc) is 2.55. The maximum absolute atomic E-state index is 5.50. The van der Waals surface area contributed by atoms with Gasteiger partial charge in [-0.3, -0.25) is 0 Å². The molecule has 112 valence electrons. The van der Waals surface area contributed by atoms with Crippen LogP contribution in [0.2, 0.25) is 0 Å². The Morgan fingerprint density at radius 3 is 2.14 bits per heavy atom. The molecule has 0 fully saturated rings. The fraction of sp³-hybridized carbons (Fsp3) is 0.333. The lowest BCUT2D eigenvalue weighted by Gasteiger charge is -2.17. The van der Waals surface area contributed by atoms with Crippen molar-refractivity contribution in [2.75, 3.05) is 21.3 Å². The molecular formula is C18H23NO2. The number of rotatable bonds is 6. The third-order valence-corrected chi connectivity index (χ3v) is 3.76. The summed E-state index contributed by atoms with van der Waals surface area (Å²) in [6.07, 6.45) is 1.04. The van der Waals surface area contributed by atoms with Gasteiger partial charge in [-0.15, -0.1) is 0 Å². The topological polar surface area (TPSA) is 30.5 Å². The average molecular weight is 285 g/mol. The lowest BCUT2D eigenvalue weighted by molar-refractivity contribution is 0.397. The normalized spacial score (nSPS) is 12.0. The second kappa shape index (κ2) is 7.14. The van der Waals surface area contributed by atoms with Gasteiger partial charge in [0.15, 0.2) is 0 Å². The molecule has 0 saturated carbocycles. The quantitative estimate of drug-likeness (QED) is 0.869. The molecule has 3 heteroatoms. The van der Waals surface area contributed by atoms with E-state index in [-0.39, 0.29) is 0 Å². The van der Waals surface area contributed by atoms with Gasteiger partial charge < -0.3 is 14.8 Å². The molecule has 3 nitrogen and oxygen atoms in total. The van der Waals surface area contributed by atoms with Crippen molar-refractivity contribution in [3.05, 3.63) is 48.0 Å². The first-order valence-corrected chi connectivity index (χ1v) is 7.23. The smallest absolute Gasteiger partial charge is 0.130 e. The molecule has 2 aromatic rings. The van der Waals surface area contributed by atoms with Crippen LogP contribution >= 0.6 is 0 Å². The Morgan fingerprint density at radius 1 is 1.00 bits per heavy atom. The second-order valence-electron chi connectivity index (χ2n) is 4.91. The maximum Gasteiger partial charge on any atom is 0.130 e. The van der Waals surface area contributed by atoms with E-state index in [0.29, 0.717) is 6.04 Å². The summed E-state index contributed by atoms with van der Waals surface area (Å²) in [6.45, 7) is 2.18. The lowest BCUT2D eigenvalue weighted by Crippen LogP contribution is -2.15. The Kier molecular flexibility index (Phi) is 5.23. The molecule has 0 aliphatic carbocycles. The van der Waals surface area contributed by atoms with E-state index in [1.54, 1.807) is 14.2 Å². The highest BCUT2D eigenvalue weighted by Gasteiger charge is 2.14. The number of nitrogens with one attached hydrogen (secondary N) is 1. The van der Waals surface area contributed by atoms with Crippen molar-refractivity contribution in [2.45, 2.75) is 19.4 Å². The van der Waals surface area contributed by atoms with Gasteiger partial charge in [-0.2, -0.15) is 0 Å². The zero-order valence-corrected chi connectivity index (χ0v) is 13.1. The van der Waals surface area contributed by atoms with Crippen molar-refractivity contribution >= 4 is 0 Å². The molecule has 2 aromatic carbocycles. The van der Waals surface area contributed by atoms with Crippen molar-refractivity contribution in [2.24, 2.45) is 0 Å². The van der Waals surface area contributed by atoms with Gasteiger partial charge in [0, 0.05) is 6.04 Å². The van der Waals surface area contributed by atoms with Gasteiger partial charge in [0.25, 0.3) is 0 Å². The van der Waals surface area contributed by atoms with E-state index in [2.05, 4.69) is 36.5 Å². The van der Waals surface area contributed by atoms with Crippen LogP contribution in [-0.2, 0) is 0 Å². The van der Waals surface area contributed by atoms with E-state index in [1.807, 2.05) is 25.2 Å². The van der Waals surface area contributed by atoms with Crippen LogP contribution in [0.25, 0.3) is 11.1 Å². The minimum atomic E-state index is 0.352. The molecule has 0 aliphatic rings. The molecule has 1 unspecified atom stereocenters. The van der Waals surface area contributed by atoms with Crippen LogP contribution in [0.5, 0.6) is 11.5 Å². The van der Waals surface area contributed by atoms with E-state index >= 15 is 0 Å². The zero-order chi connectivity index (χ0) is 15.2. The molecule has 1 atom stereocenters. The van der Waals surface area contributed by atoms with Crippen LogP contribution in [0.1, 0.15) is 24.9 Å². The monoisotopic (exact) mass is 285 g/mol. The summed E-state index contributed by atoms with van der Waals surface area (Å²) in [7, 11) is 5.36. The molecule has 2 rings (SSSR count). The van der Waals surface area contributed by atoms with Crippen LogP contribution in [0.3, 0.4) is 0 Å². The van der Waals surface area contributed by atoms with Crippen molar-refractivity contribution in [3.63, 3.8) is 0 Å². The molecule has 0 aliphatic heterocycles. The van der Waals surface area contributed by atoms with Crippen LogP contribution < -0.4 is 14.8 Å². The van der Waals surface area contributed by atoms with Crippen molar-refractivity contribution < 1.29 is 9.47 Å². The zero-order valence-electron chi connectivity index (χ0n) is 13.1. The molecule has 0 heterocycles. The summed E-state index contributed by atoms with van der Waals surface area (Å²) in [5, 5.41) is 3.34. The van der Waals surface area contributed by atoms with Gasteiger partial charge in [0.1, 0.15) is 11.5 Å². The first-order valence-electron chi connectivity index (χ1n) is 7.23. The summed E-state index contributed by atoms with van der Waals surface area (Å²) < 4.78 is 11.0. The Bertz CT molecular complexity index is 569. The molecule has 0 saturated heterocycles. The van der Waals surface area contributed by atoms with Crippen LogP contribution in [0, 0.1) is 0 Å². The summed E-state index contributed by atoms with van der Waals surface area (Å²) >= 11 is 0. The first-order chi connectivity index (χ1) is 10.2.